The molecule has 2 aromatic carbocycles. The van der Waals surface area contributed by atoms with Gasteiger partial charge in [-0.3, -0.25) is 9.59 Å². The van der Waals surface area contributed by atoms with Gasteiger partial charge >= 0.3 is 0 Å². The van der Waals surface area contributed by atoms with Crippen molar-refractivity contribution < 1.29 is 9.59 Å². The first-order valence-corrected chi connectivity index (χ1v) is 7.91. The van der Waals surface area contributed by atoms with Crippen molar-refractivity contribution >= 4 is 29.3 Å². The zero-order chi connectivity index (χ0) is 17.5. The van der Waals surface area contributed by atoms with Gasteiger partial charge in [-0.15, -0.1) is 0 Å². The van der Waals surface area contributed by atoms with Crippen LogP contribution in [0.1, 0.15) is 25.0 Å². The minimum Gasteiger partial charge on any atom is -0.326 e. The SMILES string of the molecule is Cc1cccc(/C=C/C(=O)Nc2ccc(NC(=O)C(C)C)cc2)c1. The number of anilines is 2. The summed E-state index contributed by atoms with van der Waals surface area (Å²) in [4.78, 5) is 23.6. The summed E-state index contributed by atoms with van der Waals surface area (Å²) in [6.07, 6.45) is 3.28. The monoisotopic (exact) mass is 322 g/mol. The minimum atomic E-state index is -0.199. The Morgan fingerprint density at radius 2 is 1.58 bits per heavy atom. The van der Waals surface area contributed by atoms with E-state index in [1.54, 1.807) is 30.3 Å². The van der Waals surface area contributed by atoms with Crippen LogP contribution in [-0.4, -0.2) is 11.8 Å². The Morgan fingerprint density at radius 1 is 0.958 bits per heavy atom. The van der Waals surface area contributed by atoms with Crippen LogP contribution in [0.25, 0.3) is 6.08 Å². The molecule has 0 spiro atoms. The van der Waals surface area contributed by atoms with Crippen LogP contribution >= 0.6 is 0 Å². The van der Waals surface area contributed by atoms with Gasteiger partial charge in [0.1, 0.15) is 0 Å². The molecule has 2 N–H and O–H groups in total. The summed E-state index contributed by atoms with van der Waals surface area (Å²) in [6.45, 7) is 5.69. The number of carbonyl (C=O) groups excluding carboxylic acids is 2. The second-order valence-electron chi connectivity index (χ2n) is 5.96. The van der Waals surface area contributed by atoms with Gasteiger partial charge in [0.05, 0.1) is 0 Å². The predicted molar refractivity (Wildman–Crippen MR) is 98.8 cm³/mol. The van der Waals surface area contributed by atoms with Crippen LogP contribution in [0.15, 0.2) is 54.6 Å². The highest BCUT2D eigenvalue weighted by Gasteiger charge is 2.06. The molecule has 0 heterocycles. The average Bonchev–Trinajstić information content (AvgIpc) is 2.55. The molecule has 0 saturated heterocycles. The minimum absolute atomic E-state index is 0.0344. The third kappa shape index (κ3) is 5.39. The third-order valence-electron chi connectivity index (χ3n) is 3.41. The fourth-order valence-electron chi connectivity index (χ4n) is 2.05. The number of aryl methyl sites for hydroxylation is 1. The topological polar surface area (TPSA) is 58.2 Å². The average molecular weight is 322 g/mol. The van der Waals surface area contributed by atoms with Crippen molar-refractivity contribution in [2.75, 3.05) is 10.6 Å². The predicted octanol–water partition coefficient (Wildman–Crippen LogP) is 4.24. The van der Waals surface area contributed by atoms with E-state index >= 15 is 0 Å². The van der Waals surface area contributed by atoms with Gasteiger partial charge in [0, 0.05) is 23.4 Å². The van der Waals surface area contributed by atoms with Gasteiger partial charge in [-0.1, -0.05) is 43.7 Å². The van der Waals surface area contributed by atoms with Gasteiger partial charge in [-0.2, -0.15) is 0 Å². The molecule has 0 aliphatic rings. The molecule has 124 valence electrons. The van der Waals surface area contributed by atoms with Crippen molar-refractivity contribution in [2.45, 2.75) is 20.8 Å². The summed E-state index contributed by atoms with van der Waals surface area (Å²) in [6, 6.07) is 15.0. The number of hydrogen-bond donors (Lipinski definition) is 2. The molecule has 0 aromatic heterocycles. The second-order valence-corrected chi connectivity index (χ2v) is 5.96. The summed E-state index contributed by atoms with van der Waals surface area (Å²) in [5, 5.41) is 5.60. The number of benzene rings is 2. The van der Waals surface area contributed by atoms with Gasteiger partial charge in [-0.25, -0.2) is 0 Å². The van der Waals surface area contributed by atoms with Crippen LogP contribution in [0.4, 0.5) is 11.4 Å². The molecule has 0 aliphatic heterocycles. The highest BCUT2D eigenvalue weighted by molar-refractivity contribution is 6.02. The maximum absolute atomic E-state index is 12.0. The number of rotatable bonds is 5. The smallest absolute Gasteiger partial charge is 0.248 e. The normalized spacial score (nSPS) is 10.8. The largest absolute Gasteiger partial charge is 0.326 e. The highest BCUT2D eigenvalue weighted by Crippen LogP contribution is 2.14. The van der Waals surface area contributed by atoms with Crippen LogP contribution in [-0.2, 0) is 9.59 Å². The fourth-order valence-corrected chi connectivity index (χ4v) is 2.05. The molecule has 2 rings (SSSR count). The van der Waals surface area contributed by atoms with E-state index in [4.69, 9.17) is 0 Å². The maximum atomic E-state index is 12.0. The molecule has 0 bridgehead atoms. The molecular formula is C20H22N2O2. The Labute approximate surface area is 142 Å². The number of nitrogens with one attached hydrogen (secondary N) is 2. The van der Waals surface area contributed by atoms with Crippen LogP contribution in [0, 0.1) is 12.8 Å². The number of amides is 2. The van der Waals surface area contributed by atoms with Gasteiger partial charge in [0.25, 0.3) is 0 Å². The maximum Gasteiger partial charge on any atom is 0.248 e. The van der Waals surface area contributed by atoms with Crippen molar-refractivity contribution in [2.24, 2.45) is 5.92 Å². The molecule has 0 atom stereocenters. The lowest BCUT2D eigenvalue weighted by Gasteiger charge is -2.08. The van der Waals surface area contributed by atoms with Gasteiger partial charge in [0.2, 0.25) is 11.8 Å². The molecule has 4 nitrogen and oxygen atoms in total. The van der Waals surface area contributed by atoms with Gasteiger partial charge in [0.15, 0.2) is 0 Å². The van der Waals surface area contributed by atoms with Gasteiger partial charge < -0.3 is 10.6 Å². The van der Waals surface area contributed by atoms with E-state index in [-0.39, 0.29) is 17.7 Å². The van der Waals surface area contributed by atoms with Crippen molar-refractivity contribution in [1.82, 2.24) is 0 Å². The molecule has 2 amide bonds. The summed E-state index contributed by atoms with van der Waals surface area (Å²) in [5.74, 6) is -0.306. The zero-order valence-electron chi connectivity index (χ0n) is 14.2. The molecule has 24 heavy (non-hydrogen) atoms. The van der Waals surface area contributed by atoms with Crippen LogP contribution in [0.5, 0.6) is 0 Å². The zero-order valence-corrected chi connectivity index (χ0v) is 14.2. The molecule has 2 aromatic rings. The summed E-state index contributed by atoms with van der Waals surface area (Å²) >= 11 is 0. The molecule has 0 fully saturated rings. The third-order valence-corrected chi connectivity index (χ3v) is 3.41. The summed E-state index contributed by atoms with van der Waals surface area (Å²) < 4.78 is 0. The van der Waals surface area contributed by atoms with E-state index < -0.39 is 0 Å². The molecule has 0 saturated carbocycles. The van der Waals surface area contributed by atoms with Crippen LogP contribution in [0.3, 0.4) is 0 Å². The lowest BCUT2D eigenvalue weighted by atomic mass is 10.1. The fraction of sp³-hybridized carbons (Fsp3) is 0.200. The molecule has 0 aliphatic carbocycles. The Morgan fingerprint density at radius 3 is 2.17 bits per heavy atom. The number of carbonyl (C=O) groups is 2. The highest BCUT2D eigenvalue weighted by atomic mass is 16.2. The van der Waals surface area contributed by atoms with Crippen molar-refractivity contribution in [3.05, 3.63) is 65.7 Å². The van der Waals surface area contributed by atoms with Crippen molar-refractivity contribution in [3.63, 3.8) is 0 Å². The first-order valence-electron chi connectivity index (χ1n) is 7.91. The lowest BCUT2D eigenvalue weighted by Crippen LogP contribution is -2.17. The Hall–Kier alpha value is -2.88. The standard InChI is InChI=1S/C20H22N2O2/c1-14(2)20(24)22-18-10-8-17(9-11-18)21-19(23)12-7-16-6-4-5-15(3)13-16/h4-14H,1-3H3,(H,21,23)(H,22,24)/b12-7+. The summed E-state index contributed by atoms with van der Waals surface area (Å²) in [5.41, 5.74) is 3.52. The van der Waals surface area contributed by atoms with Crippen LogP contribution < -0.4 is 10.6 Å². The second kappa shape index (κ2) is 8.11. The van der Waals surface area contributed by atoms with Crippen molar-refractivity contribution in [1.29, 1.82) is 0 Å². The molecule has 4 heteroatoms. The Bertz CT molecular complexity index is 746. The van der Waals surface area contributed by atoms with E-state index in [0.717, 1.165) is 11.1 Å². The van der Waals surface area contributed by atoms with E-state index in [9.17, 15) is 9.59 Å². The summed E-state index contributed by atoms with van der Waals surface area (Å²) in [7, 11) is 0. The van der Waals surface area contributed by atoms with E-state index in [1.165, 1.54) is 6.08 Å². The van der Waals surface area contributed by atoms with Crippen LogP contribution in [0.2, 0.25) is 0 Å². The molecule has 0 radical (unpaired) electrons. The first-order chi connectivity index (χ1) is 11.4. The molecule has 0 unspecified atom stereocenters. The van der Waals surface area contributed by atoms with Gasteiger partial charge in [-0.05, 0) is 42.8 Å². The molecular weight excluding hydrogens is 300 g/mol. The van der Waals surface area contributed by atoms with E-state index in [1.807, 2.05) is 45.0 Å². The number of hydrogen-bond acceptors (Lipinski definition) is 2. The van der Waals surface area contributed by atoms with E-state index in [2.05, 4.69) is 10.6 Å². The van der Waals surface area contributed by atoms with E-state index in [0.29, 0.717) is 11.4 Å². The lowest BCUT2D eigenvalue weighted by molar-refractivity contribution is -0.119. The quantitative estimate of drug-likeness (QED) is 0.809. The Kier molecular flexibility index (Phi) is 5.90. The first kappa shape index (κ1) is 17.5. The van der Waals surface area contributed by atoms with Crippen molar-refractivity contribution in [3.8, 4) is 0 Å². The Balaban J connectivity index is 1.93.